The summed E-state index contributed by atoms with van der Waals surface area (Å²) in [6.45, 7) is 8.15. The summed E-state index contributed by atoms with van der Waals surface area (Å²) in [5.74, 6) is 3.44. The Morgan fingerprint density at radius 3 is 1.43 bits per heavy atom. The van der Waals surface area contributed by atoms with Crippen LogP contribution in [0.2, 0.25) is 0 Å². The Bertz CT molecular complexity index is 1460. The third-order valence-corrected chi connectivity index (χ3v) is 8.09. The van der Waals surface area contributed by atoms with Crippen LogP contribution in [-0.4, -0.2) is 82.2 Å². The topological polar surface area (TPSA) is 82.3 Å². The summed E-state index contributed by atoms with van der Waals surface area (Å²) in [4.78, 5) is 21.5. The standard InChI is InChI=1S/C32H36N6O2/c1-2-14-37(13-1)17-19-39-25-9-11-27-29(21-25)35-31(33-27)23-5-7-24(8-6-23)32-34-28-12-10-26(22-30(28)36-32)40-20-18-38-15-3-4-16-38/h5-12,21-22H,1-4,13-20H2,(H,33,35)(H,34,36). The molecule has 2 saturated heterocycles. The zero-order chi connectivity index (χ0) is 26.7. The van der Waals surface area contributed by atoms with E-state index in [0.717, 1.165) is 69.4 Å². The average molecular weight is 537 g/mol. The summed E-state index contributed by atoms with van der Waals surface area (Å²) in [6.07, 6.45) is 5.21. The van der Waals surface area contributed by atoms with Crippen molar-refractivity contribution in [3.05, 3.63) is 60.7 Å². The molecule has 0 atom stereocenters. The van der Waals surface area contributed by atoms with Gasteiger partial charge in [0.1, 0.15) is 36.4 Å². The highest BCUT2D eigenvalue weighted by atomic mass is 16.5. The number of aromatic amines is 2. The first kappa shape index (κ1) is 25.1. The number of H-pyrrole nitrogens is 2. The number of hydrogen-bond donors (Lipinski definition) is 2. The first-order valence-corrected chi connectivity index (χ1v) is 14.6. The Labute approximate surface area is 234 Å². The van der Waals surface area contributed by atoms with Crippen LogP contribution in [0.4, 0.5) is 0 Å². The van der Waals surface area contributed by atoms with Gasteiger partial charge in [-0.1, -0.05) is 24.3 Å². The van der Waals surface area contributed by atoms with Gasteiger partial charge in [-0.25, -0.2) is 9.97 Å². The number of likely N-dealkylation sites (tertiary alicyclic amines) is 2. The molecule has 0 radical (unpaired) electrons. The molecule has 2 N–H and O–H groups in total. The second kappa shape index (κ2) is 11.3. The number of nitrogens with one attached hydrogen (secondary N) is 2. The van der Waals surface area contributed by atoms with Crippen LogP contribution in [0.5, 0.6) is 11.5 Å². The normalized spacial score (nSPS) is 16.4. The fourth-order valence-corrected chi connectivity index (χ4v) is 5.81. The number of imidazole rings is 2. The molecular formula is C32H36N6O2. The van der Waals surface area contributed by atoms with E-state index in [9.17, 15) is 0 Å². The minimum absolute atomic E-state index is 0.711. The van der Waals surface area contributed by atoms with Crippen LogP contribution in [-0.2, 0) is 0 Å². The van der Waals surface area contributed by atoms with Gasteiger partial charge in [0.05, 0.1) is 22.1 Å². The van der Waals surface area contributed by atoms with E-state index in [4.69, 9.17) is 19.4 Å². The minimum atomic E-state index is 0.711. The van der Waals surface area contributed by atoms with Crippen LogP contribution < -0.4 is 9.47 Å². The van der Waals surface area contributed by atoms with E-state index >= 15 is 0 Å². The number of ether oxygens (including phenoxy) is 2. The van der Waals surface area contributed by atoms with E-state index in [1.54, 1.807) is 0 Å². The minimum Gasteiger partial charge on any atom is -0.492 e. The van der Waals surface area contributed by atoms with Crippen LogP contribution >= 0.6 is 0 Å². The molecule has 2 aromatic heterocycles. The molecule has 8 nitrogen and oxygen atoms in total. The predicted octanol–water partition coefficient (Wildman–Crippen LogP) is 5.72. The lowest BCUT2D eigenvalue weighted by molar-refractivity contribution is 0.238. The molecule has 7 rings (SSSR count). The molecule has 8 heteroatoms. The highest BCUT2D eigenvalue weighted by molar-refractivity contribution is 5.82. The fourth-order valence-electron chi connectivity index (χ4n) is 5.81. The molecule has 0 saturated carbocycles. The number of rotatable bonds is 10. The zero-order valence-corrected chi connectivity index (χ0v) is 22.9. The Hall–Kier alpha value is -3.88. The van der Waals surface area contributed by atoms with Crippen molar-refractivity contribution < 1.29 is 9.47 Å². The number of hydrogen-bond acceptors (Lipinski definition) is 6. The third kappa shape index (κ3) is 5.55. The number of benzene rings is 3. The highest BCUT2D eigenvalue weighted by Crippen LogP contribution is 2.28. The average Bonchev–Trinajstić information content (AvgIpc) is 3.80. The Balaban J connectivity index is 1.01. The fraction of sp³-hybridized carbons (Fsp3) is 0.375. The highest BCUT2D eigenvalue weighted by Gasteiger charge is 2.13. The quantitative estimate of drug-likeness (QED) is 0.238. The summed E-state index contributed by atoms with van der Waals surface area (Å²) >= 11 is 0. The second-order valence-corrected chi connectivity index (χ2v) is 10.9. The third-order valence-electron chi connectivity index (χ3n) is 8.09. The van der Waals surface area contributed by atoms with E-state index in [-0.39, 0.29) is 0 Å². The van der Waals surface area contributed by atoms with Crippen LogP contribution in [0.3, 0.4) is 0 Å². The van der Waals surface area contributed by atoms with Crippen LogP contribution in [0, 0.1) is 0 Å². The Kier molecular flexibility index (Phi) is 7.10. The summed E-state index contributed by atoms with van der Waals surface area (Å²) in [5, 5.41) is 0. The first-order valence-electron chi connectivity index (χ1n) is 14.6. The maximum absolute atomic E-state index is 6.02. The van der Waals surface area contributed by atoms with Crippen molar-refractivity contribution in [2.24, 2.45) is 0 Å². The lowest BCUT2D eigenvalue weighted by atomic mass is 10.1. The van der Waals surface area contributed by atoms with Gasteiger partial charge in [0.25, 0.3) is 0 Å². The molecular weight excluding hydrogens is 500 g/mol. The predicted molar refractivity (Wildman–Crippen MR) is 159 cm³/mol. The molecule has 0 amide bonds. The maximum atomic E-state index is 6.02. The molecule has 2 aliphatic rings. The molecule has 40 heavy (non-hydrogen) atoms. The van der Waals surface area contributed by atoms with Gasteiger partial charge in [-0.3, -0.25) is 9.80 Å². The van der Waals surface area contributed by atoms with Crippen molar-refractivity contribution in [1.29, 1.82) is 0 Å². The van der Waals surface area contributed by atoms with E-state index < -0.39 is 0 Å². The molecule has 0 bridgehead atoms. The van der Waals surface area contributed by atoms with Crippen molar-refractivity contribution >= 4 is 22.1 Å². The molecule has 206 valence electrons. The lowest BCUT2D eigenvalue weighted by Crippen LogP contribution is -2.25. The lowest BCUT2D eigenvalue weighted by Gasteiger charge is -2.14. The smallest absolute Gasteiger partial charge is 0.138 e. The van der Waals surface area contributed by atoms with Gasteiger partial charge in [0, 0.05) is 36.3 Å². The molecule has 0 aliphatic carbocycles. The van der Waals surface area contributed by atoms with E-state index in [1.165, 1.54) is 51.9 Å². The van der Waals surface area contributed by atoms with Gasteiger partial charge in [-0.2, -0.15) is 0 Å². The van der Waals surface area contributed by atoms with Gasteiger partial charge in [0.2, 0.25) is 0 Å². The zero-order valence-electron chi connectivity index (χ0n) is 22.9. The van der Waals surface area contributed by atoms with Gasteiger partial charge >= 0.3 is 0 Å². The SMILES string of the molecule is c1cc2nc(-c3ccc(-c4nc5ccc(OCCN6CCCC6)cc5[nH]4)cc3)[nH]c2cc1OCCN1CCCC1. The molecule has 3 aromatic carbocycles. The number of aromatic nitrogens is 4. The number of nitrogens with zero attached hydrogens (tertiary/aromatic N) is 4. The monoisotopic (exact) mass is 536 g/mol. The molecule has 5 aromatic rings. The van der Waals surface area contributed by atoms with Gasteiger partial charge in [0.15, 0.2) is 0 Å². The summed E-state index contributed by atoms with van der Waals surface area (Å²) in [6, 6.07) is 20.5. The first-order chi connectivity index (χ1) is 19.8. The summed E-state index contributed by atoms with van der Waals surface area (Å²) in [5.41, 5.74) is 5.88. The van der Waals surface area contributed by atoms with Crippen LogP contribution in [0.15, 0.2) is 60.7 Å². The van der Waals surface area contributed by atoms with Crippen molar-refractivity contribution in [1.82, 2.24) is 29.7 Å². The molecule has 4 heterocycles. The largest absolute Gasteiger partial charge is 0.492 e. The molecule has 2 fully saturated rings. The van der Waals surface area contributed by atoms with Gasteiger partial charge in [-0.15, -0.1) is 0 Å². The van der Waals surface area contributed by atoms with Crippen molar-refractivity contribution in [3.63, 3.8) is 0 Å². The molecule has 2 aliphatic heterocycles. The summed E-state index contributed by atoms with van der Waals surface area (Å²) < 4.78 is 12.0. The van der Waals surface area contributed by atoms with Crippen LogP contribution in [0.25, 0.3) is 44.8 Å². The Morgan fingerprint density at radius 2 is 1.00 bits per heavy atom. The van der Waals surface area contributed by atoms with Gasteiger partial charge < -0.3 is 19.4 Å². The number of fused-ring (bicyclic) bond motifs is 2. The molecule has 0 unspecified atom stereocenters. The van der Waals surface area contributed by atoms with Crippen molar-refractivity contribution in [2.45, 2.75) is 25.7 Å². The second-order valence-electron chi connectivity index (χ2n) is 10.9. The van der Waals surface area contributed by atoms with Crippen molar-refractivity contribution in [2.75, 3.05) is 52.5 Å². The summed E-state index contributed by atoms with van der Waals surface area (Å²) in [7, 11) is 0. The maximum Gasteiger partial charge on any atom is 0.138 e. The van der Waals surface area contributed by atoms with E-state index in [2.05, 4.69) is 44.0 Å². The van der Waals surface area contributed by atoms with E-state index in [0.29, 0.717) is 13.2 Å². The van der Waals surface area contributed by atoms with Crippen molar-refractivity contribution in [3.8, 4) is 34.3 Å². The Morgan fingerprint density at radius 1 is 0.575 bits per heavy atom. The molecule has 0 spiro atoms. The van der Waals surface area contributed by atoms with E-state index in [1.807, 2.05) is 36.4 Å². The van der Waals surface area contributed by atoms with Gasteiger partial charge in [-0.05, 0) is 76.1 Å². The van der Waals surface area contributed by atoms with Crippen LogP contribution in [0.1, 0.15) is 25.7 Å².